The lowest BCUT2D eigenvalue weighted by molar-refractivity contribution is -0.139. The lowest BCUT2D eigenvalue weighted by Gasteiger charge is -2.12. The zero-order chi connectivity index (χ0) is 16.9. The largest absolute Gasteiger partial charge is 0.420 e. The van der Waals surface area contributed by atoms with Gasteiger partial charge in [0.15, 0.2) is 0 Å². The molecule has 2 nitrogen and oxygen atoms in total. The minimum Gasteiger partial charge on any atom is -0.420 e. The zero-order valence-corrected chi connectivity index (χ0v) is 11.7. The quantitative estimate of drug-likeness (QED) is 0.150. The van der Waals surface area contributed by atoms with Crippen LogP contribution in [0.25, 0.3) is 0 Å². The molecule has 0 radical (unpaired) electrons. The molecule has 1 aromatic rings. The number of rotatable bonds is 6. The highest BCUT2D eigenvalue weighted by molar-refractivity contribution is 5.74. The SMILES string of the molecule is C#CCCCC[C@H](C)C(=O)Oc1c(F)c(F)c(F)c(F)c1F. The van der Waals surface area contributed by atoms with Crippen molar-refractivity contribution in [1.29, 1.82) is 0 Å². The Bertz CT molecular complexity index is 578. The Morgan fingerprint density at radius 3 is 2.05 bits per heavy atom. The molecule has 0 N–H and O–H groups in total. The van der Waals surface area contributed by atoms with Gasteiger partial charge in [0.2, 0.25) is 34.8 Å². The number of ether oxygens (including phenoxy) is 1. The fraction of sp³-hybridized carbons (Fsp3) is 0.400. The van der Waals surface area contributed by atoms with E-state index in [-0.39, 0.29) is 0 Å². The number of carbonyl (C=O) groups is 1. The smallest absolute Gasteiger partial charge is 0.314 e. The van der Waals surface area contributed by atoms with E-state index < -0.39 is 46.7 Å². The molecule has 1 rings (SSSR count). The number of halogens is 5. The van der Waals surface area contributed by atoms with Crippen LogP contribution in [0.15, 0.2) is 0 Å². The summed E-state index contributed by atoms with van der Waals surface area (Å²) in [5.41, 5.74) is 0. The molecule has 0 unspecified atom stereocenters. The third-order valence-electron chi connectivity index (χ3n) is 2.98. The van der Waals surface area contributed by atoms with Crippen LogP contribution in [0.5, 0.6) is 5.75 Å². The van der Waals surface area contributed by atoms with Crippen molar-refractivity contribution in [1.82, 2.24) is 0 Å². The second-order valence-electron chi connectivity index (χ2n) is 4.67. The molecule has 22 heavy (non-hydrogen) atoms. The first kappa shape index (κ1) is 18.0. The van der Waals surface area contributed by atoms with Crippen LogP contribution < -0.4 is 4.74 Å². The summed E-state index contributed by atoms with van der Waals surface area (Å²) in [6, 6.07) is 0. The topological polar surface area (TPSA) is 26.3 Å². The molecule has 1 aromatic carbocycles. The summed E-state index contributed by atoms with van der Waals surface area (Å²) in [5, 5.41) is 0. The number of hydrogen-bond acceptors (Lipinski definition) is 2. The maximum Gasteiger partial charge on any atom is 0.314 e. The van der Waals surface area contributed by atoms with E-state index in [0.29, 0.717) is 25.7 Å². The van der Waals surface area contributed by atoms with Gasteiger partial charge in [-0.05, 0) is 12.8 Å². The van der Waals surface area contributed by atoms with Crippen LogP contribution in [0.2, 0.25) is 0 Å². The standard InChI is InChI=1S/C15H13F5O2/c1-3-4-5-6-7-8(2)15(21)22-14-12(19)10(17)9(16)11(18)13(14)20/h1,8H,4-7H2,2H3/t8-/m0/s1. The third-order valence-corrected chi connectivity index (χ3v) is 2.98. The monoisotopic (exact) mass is 320 g/mol. The van der Waals surface area contributed by atoms with Gasteiger partial charge in [0.1, 0.15) is 0 Å². The number of benzene rings is 1. The number of esters is 1. The molecule has 0 aliphatic heterocycles. The molecule has 0 aromatic heterocycles. The van der Waals surface area contributed by atoms with Crippen LogP contribution in [-0.2, 0) is 4.79 Å². The van der Waals surface area contributed by atoms with Gasteiger partial charge in [0.05, 0.1) is 5.92 Å². The summed E-state index contributed by atoms with van der Waals surface area (Å²) in [6.45, 7) is 1.42. The predicted molar refractivity (Wildman–Crippen MR) is 68.3 cm³/mol. The van der Waals surface area contributed by atoms with E-state index in [1.807, 2.05) is 0 Å². The first-order valence-electron chi connectivity index (χ1n) is 6.47. The molecule has 120 valence electrons. The number of carbonyl (C=O) groups excluding carboxylic acids is 1. The van der Waals surface area contributed by atoms with Crippen LogP contribution in [0, 0.1) is 47.3 Å². The average Bonchev–Trinajstić information content (AvgIpc) is 2.51. The molecule has 0 aliphatic carbocycles. The molecule has 0 aliphatic rings. The van der Waals surface area contributed by atoms with Gasteiger partial charge < -0.3 is 4.74 Å². The number of hydrogen-bond donors (Lipinski definition) is 0. The highest BCUT2D eigenvalue weighted by Gasteiger charge is 2.29. The Morgan fingerprint density at radius 2 is 1.55 bits per heavy atom. The van der Waals surface area contributed by atoms with E-state index >= 15 is 0 Å². The molecule has 0 heterocycles. The van der Waals surface area contributed by atoms with E-state index in [1.54, 1.807) is 0 Å². The third kappa shape index (κ3) is 3.97. The molecule has 0 spiro atoms. The van der Waals surface area contributed by atoms with Crippen LogP contribution in [-0.4, -0.2) is 5.97 Å². The van der Waals surface area contributed by atoms with Crippen molar-refractivity contribution in [2.24, 2.45) is 5.92 Å². The lowest BCUT2D eigenvalue weighted by atomic mass is 10.0. The molecule has 7 heteroatoms. The molecule has 0 bridgehead atoms. The fourth-order valence-electron chi connectivity index (χ4n) is 1.67. The van der Waals surface area contributed by atoms with Crippen molar-refractivity contribution in [2.45, 2.75) is 32.6 Å². The first-order chi connectivity index (χ1) is 10.3. The summed E-state index contributed by atoms with van der Waals surface area (Å²) in [4.78, 5) is 11.7. The lowest BCUT2D eigenvalue weighted by Crippen LogP contribution is -2.20. The Kier molecular flexibility index (Phi) is 6.35. The second kappa shape index (κ2) is 7.78. The van der Waals surface area contributed by atoms with Gasteiger partial charge in [-0.25, -0.2) is 13.2 Å². The zero-order valence-electron chi connectivity index (χ0n) is 11.7. The summed E-state index contributed by atoms with van der Waals surface area (Å²) in [5.74, 6) is -12.0. The van der Waals surface area contributed by atoms with Crippen molar-refractivity contribution in [2.75, 3.05) is 0 Å². The van der Waals surface area contributed by atoms with Crippen molar-refractivity contribution in [3.63, 3.8) is 0 Å². The van der Waals surface area contributed by atoms with Gasteiger partial charge in [0, 0.05) is 6.42 Å². The average molecular weight is 320 g/mol. The van der Waals surface area contributed by atoms with Crippen LogP contribution in [0.1, 0.15) is 32.6 Å². The normalized spacial score (nSPS) is 11.9. The summed E-state index contributed by atoms with van der Waals surface area (Å²) in [7, 11) is 0. The highest BCUT2D eigenvalue weighted by atomic mass is 19.2. The number of unbranched alkanes of at least 4 members (excludes halogenated alkanes) is 2. The molecule has 0 fully saturated rings. The summed E-state index contributed by atoms with van der Waals surface area (Å²) in [6.07, 6.45) is 7.10. The van der Waals surface area contributed by atoms with Crippen LogP contribution in [0.4, 0.5) is 22.0 Å². The minimum absolute atomic E-state index is 0.315. The molecule has 0 saturated carbocycles. The van der Waals surface area contributed by atoms with Gasteiger partial charge in [0.25, 0.3) is 0 Å². The van der Waals surface area contributed by atoms with Crippen molar-refractivity contribution in [3.8, 4) is 18.1 Å². The molecule has 0 amide bonds. The van der Waals surface area contributed by atoms with Gasteiger partial charge in [-0.15, -0.1) is 12.3 Å². The Balaban J connectivity index is 2.83. The van der Waals surface area contributed by atoms with Crippen molar-refractivity contribution >= 4 is 5.97 Å². The highest BCUT2D eigenvalue weighted by Crippen LogP contribution is 2.30. The van der Waals surface area contributed by atoms with E-state index in [9.17, 15) is 26.7 Å². The maximum atomic E-state index is 13.4. The van der Waals surface area contributed by atoms with Gasteiger partial charge in [-0.2, -0.15) is 8.78 Å². The van der Waals surface area contributed by atoms with Crippen LogP contribution >= 0.6 is 0 Å². The van der Waals surface area contributed by atoms with Gasteiger partial charge in [-0.3, -0.25) is 4.79 Å². The Morgan fingerprint density at radius 1 is 1.05 bits per heavy atom. The molecule has 1 atom stereocenters. The minimum atomic E-state index is -2.31. The summed E-state index contributed by atoms with van der Waals surface area (Å²) >= 11 is 0. The fourth-order valence-corrected chi connectivity index (χ4v) is 1.67. The van der Waals surface area contributed by atoms with E-state index in [2.05, 4.69) is 10.7 Å². The van der Waals surface area contributed by atoms with E-state index in [1.165, 1.54) is 6.92 Å². The molecule has 0 saturated heterocycles. The van der Waals surface area contributed by atoms with Crippen LogP contribution in [0.3, 0.4) is 0 Å². The number of terminal acetylenes is 1. The Hall–Kier alpha value is -2.10. The Labute approximate surface area is 124 Å². The van der Waals surface area contributed by atoms with Gasteiger partial charge >= 0.3 is 5.97 Å². The first-order valence-corrected chi connectivity index (χ1v) is 6.47. The van der Waals surface area contributed by atoms with Gasteiger partial charge in [-0.1, -0.05) is 13.3 Å². The summed E-state index contributed by atoms with van der Waals surface area (Å²) < 4.78 is 69.8. The van der Waals surface area contributed by atoms with Crippen molar-refractivity contribution in [3.05, 3.63) is 29.1 Å². The van der Waals surface area contributed by atoms with E-state index in [4.69, 9.17) is 6.42 Å². The molecular formula is C15H13F5O2. The second-order valence-corrected chi connectivity index (χ2v) is 4.67. The van der Waals surface area contributed by atoms with E-state index in [0.717, 1.165) is 0 Å². The van der Waals surface area contributed by atoms with Crippen molar-refractivity contribution < 1.29 is 31.5 Å². The molecular weight excluding hydrogens is 307 g/mol. The predicted octanol–water partition coefficient (Wildman–Crippen LogP) is 4.12. The maximum absolute atomic E-state index is 13.4.